The maximum absolute atomic E-state index is 12.9. The van der Waals surface area contributed by atoms with Crippen LogP contribution < -0.4 is 14.4 Å². The van der Waals surface area contributed by atoms with Crippen molar-refractivity contribution in [2.24, 2.45) is 5.92 Å². The molecule has 7 nitrogen and oxygen atoms in total. The van der Waals surface area contributed by atoms with Gasteiger partial charge in [0.1, 0.15) is 0 Å². The third-order valence-electron chi connectivity index (χ3n) is 6.43. The molecule has 2 fully saturated rings. The summed E-state index contributed by atoms with van der Waals surface area (Å²) in [6.45, 7) is 8.49. The quantitative estimate of drug-likeness (QED) is 0.762. The first-order chi connectivity index (χ1) is 15.0. The molecule has 31 heavy (non-hydrogen) atoms. The molecule has 0 aromatic heterocycles. The molecule has 2 aromatic carbocycles. The van der Waals surface area contributed by atoms with Crippen molar-refractivity contribution in [2.45, 2.75) is 13.8 Å². The highest BCUT2D eigenvalue weighted by atomic mass is 16.7. The average molecular weight is 421 g/mol. The number of anilines is 1. The van der Waals surface area contributed by atoms with Gasteiger partial charge in [0.15, 0.2) is 11.5 Å². The number of carbonyl (C=O) groups excluding carboxylic acids is 2. The van der Waals surface area contributed by atoms with Gasteiger partial charge in [0.25, 0.3) is 5.91 Å². The van der Waals surface area contributed by atoms with Gasteiger partial charge in [0, 0.05) is 50.5 Å². The summed E-state index contributed by atoms with van der Waals surface area (Å²) in [6.07, 6.45) is 0. The number of hydrogen-bond acceptors (Lipinski definition) is 5. The van der Waals surface area contributed by atoms with E-state index in [0.29, 0.717) is 30.2 Å². The predicted octanol–water partition coefficient (Wildman–Crippen LogP) is 2.45. The molecule has 0 aliphatic carbocycles. The Kier molecular flexibility index (Phi) is 4.96. The topological polar surface area (TPSA) is 62.3 Å². The van der Waals surface area contributed by atoms with Gasteiger partial charge >= 0.3 is 0 Å². The Balaban J connectivity index is 1.14. The summed E-state index contributed by atoms with van der Waals surface area (Å²) < 4.78 is 10.7. The number of ether oxygens (including phenoxy) is 2. The average Bonchev–Trinajstić information content (AvgIpc) is 3.22. The summed E-state index contributed by atoms with van der Waals surface area (Å²) >= 11 is 0. The second-order valence-corrected chi connectivity index (χ2v) is 8.58. The number of piperazine rings is 1. The van der Waals surface area contributed by atoms with Gasteiger partial charge in [-0.05, 0) is 49.2 Å². The van der Waals surface area contributed by atoms with Crippen LogP contribution in [0.2, 0.25) is 0 Å². The lowest BCUT2D eigenvalue weighted by Crippen LogP contribution is -2.59. The molecule has 3 aliphatic heterocycles. The molecule has 3 aliphatic rings. The number of rotatable bonds is 3. The van der Waals surface area contributed by atoms with Crippen molar-refractivity contribution in [2.75, 3.05) is 51.0 Å². The van der Waals surface area contributed by atoms with Gasteiger partial charge in [-0.25, -0.2) is 0 Å². The molecule has 0 N–H and O–H groups in total. The van der Waals surface area contributed by atoms with Gasteiger partial charge in [0.2, 0.25) is 12.7 Å². The van der Waals surface area contributed by atoms with E-state index in [2.05, 4.69) is 36.9 Å². The van der Waals surface area contributed by atoms with Crippen molar-refractivity contribution >= 4 is 17.5 Å². The summed E-state index contributed by atoms with van der Waals surface area (Å²) in [5.41, 5.74) is 4.34. The summed E-state index contributed by atoms with van der Waals surface area (Å²) in [5.74, 6) is 1.25. The number of fused-ring (bicyclic) bond motifs is 1. The highest BCUT2D eigenvalue weighted by molar-refractivity contribution is 5.96. The van der Waals surface area contributed by atoms with Crippen LogP contribution in [-0.4, -0.2) is 67.7 Å². The van der Waals surface area contributed by atoms with Gasteiger partial charge < -0.3 is 24.2 Å². The standard InChI is InChI=1S/C24H27N3O4/c1-16-3-4-17(2)20(11-16)25-7-9-26(10-8-25)24(29)19-13-27(14-19)23(28)18-5-6-21-22(12-18)31-15-30-21/h3-6,11-12,19H,7-10,13-15H2,1-2H3. The number of aryl methyl sites for hydroxylation is 2. The number of hydrogen-bond donors (Lipinski definition) is 0. The first kappa shape index (κ1) is 19.7. The summed E-state index contributed by atoms with van der Waals surface area (Å²) in [7, 11) is 0. The molecule has 7 heteroatoms. The van der Waals surface area contributed by atoms with Gasteiger partial charge in [-0.3, -0.25) is 9.59 Å². The van der Waals surface area contributed by atoms with Gasteiger partial charge in [-0.15, -0.1) is 0 Å². The largest absolute Gasteiger partial charge is 0.454 e. The Morgan fingerprint density at radius 3 is 2.39 bits per heavy atom. The van der Waals surface area contributed by atoms with Crippen molar-refractivity contribution in [1.29, 1.82) is 0 Å². The minimum Gasteiger partial charge on any atom is -0.454 e. The maximum atomic E-state index is 12.9. The Morgan fingerprint density at radius 1 is 0.871 bits per heavy atom. The van der Waals surface area contributed by atoms with Crippen LogP contribution in [0.4, 0.5) is 5.69 Å². The molecule has 0 unspecified atom stereocenters. The molecule has 162 valence electrons. The van der Waals surface area contributed by atoms with Crippen molar-refractivity contribution in [3.05, 3.63) is 53.1 Å². The lowest BCUT2D eigenvalue weighted by Gasteiger charge is -2.43. The minimum atomic E-state index is -0.106. The zero-order chi connectivity index (χ0) is 21.5. The van der Waals surface area contributed by atoms with E-state index in [9.17, 15) is 9.59 Å². The third-order valence-corrected chi connectivity index (χ3v) is 6.43. The molecule has 0 atom stereocenters. The van der Waals surface area contributed by atoms with Gasteiger partial charge in [0.05, 0.1) is 5.92 Å². The van der Waals surface area contributed by atoms with E-state index in [4.69, 9.17) is 9.47 Å². The summed E-state index contributed by atoms with van der Waals surface area (Å²) in [5, 5.41) is 0. The predicted molar refractivity (Wildman–Crippen MR) is 117 cm³/mol. The fourth-order valence-electron chi connectivity index (χ4n) is 4.50. The van der Waals surface area contributed by atoms with Crippen LogP contribution in [0.3, 0.4) is 0 Å². The molecule has 5 rings (SSSR count). The van der Waals surface area contributed by atoms with Crippen LogP contribution in [0.5, 0.6) is 11.5 Å². The molecule has 2 saturated heterocycles. The van der Waals surface area contributed by atoms with E-state index in [-0.39, 0.29) is 24.5 Å². The van der Waals surface area contributed by atoms with Crippen LogP contribution in [0.15, 0.2) is 36.4 Å². The Bertz CT molecular complexity index is 1020. The molecule has 3 heterocycles. The molecular formula is C24H27N3O4. The highest BCUT2D eigenvalue weighted by Gasteiger charge is 2.39. The van der Waals surface area contributed by atoms with Crippen LogP contribution >= 0.6 is 0 Å². The first-order valence-electron chi connectivity index (χ1n) is 10.8. The van der Waals surface area contributed by atoms with Crippen molar-refractivity contribution in [3.63, 3.8) is 0 Å². The van der Waals surface area contributed by atoms with Gasteiger partial charge in [-0.1, -0.05) is 12.1 Å². The van der Waals surface area contributed by atoms with E-state index in [0.717, 1.165) is 26.2 Å². The molecule has 0 bridgehead atoms. The van der Waals surface area contributed by atoms with Crippen molar-refractivity contribution < 1.29 is 19.1 Å². The number of benzene rings is 2. The summed E-state index contributed by atoms with van der Waals surface area (Å²) in [6, 6.07) is 11.7. The second-order valence-electron chi connectivity index (χ2n) is 8.58. The fourth-order valence-corrected chi connectivity index (χ4v) is 4.50. The Hall–Kier alpha value is -3.22. The van der Waals surface area contributed by atoms with Crippen LogP contribution in [0, 0.1) is 19.8 Å². The third kappa shape index (κ3) is 3.69. The van der Waals surface area contributed by atoms with E-state index in [1.807, 2.05) is 4.90 Å². The molecule has 2 aromatic rings. The minimum absolute atomic E-state index is 0.0675. The fraction of sp³-hybridized carbons (Fsp3) is 0.417. The van der Waals surface area contributed by atoms with Crippen LogP contribution in [0.1, 0.15) is 21.5 Å². The monoisotopic (exact) mass is 421 g/mol. The normalized spacial score (nSPS) is 18.2. The molecule has 0 radical (unpaired) electrons. The maximum Gasteiger partial charge on any atom is 0.254 e. The first-order valence-corrected chi connectivity index (χ1v) is 10.8. The second kappa shape index (κ2) is 7.80. The lowest BCUT2D eigenvalue weighted by molar-refractivity contribution is -0.140. The summed E-state index contributed by atoms with van der Waals surface area (Å²) in [4.78, 5) is 31.7. The molecule has 0 saturated carbocycles. The van der Waals surface area contributed by atoms with E-state index in [1.54, 1.807) is 23.1 Å². The zero-order valence-electron chi connectivity index (χ0n) is 18.0. The smallest absolute Gasteiger partial charge is 0.254 e. The number of carbonyl (C=O) groups is 2. The van der Waals surface area contributed by atoms with Crippen LogP contribution in [0.25, 0.3) is 0 Å². The number of amides is 2. The Labute approximate surface area is 182 Å². The SMILES string of the molecule is Cc1ccc(C)c(N2CCN(C(=O)C3CN(C(=O)c4ccc5c(c4)OCO5)C3)CC2)c1. The Morgan fingerprint density at radius 2 is 1.61 bits per heavy atom. The van der Waals surface area contributed by atoms with Crippen molar-refractivity contribution in [1.82, 2.24) is 9.80 Å². The lowest BCUT2D eigenvalue weighted by atomic mass is 9.96. The number of nitrogens with zero attached hydrogens (tertiary/aromatic N) is 3. The van der Waals surface area contributed by atoms with Crippen LogP contribution in [-0.2, 0) is 4.79 Å². The highest BCUT2D eigenvalue weighted by Crippen LogP contribution is 2.33. The van der Waals surface area contributed by atoms with Gasteiger partial charge in [-0.2, -0.15) is 0 Å². The molecular weight excluding hydrogens is 394 g/mol. The number of likely N-dealkylation sites (tertiary alicyclic amines) is 1. The molecule has 2 amide bonds. The molecule has 0 spiro atoms. The van der Waals surface area contributed by atoms with E-state index < -0.39 is 0 Å². The van der Waals surface area contributed by atoms with Crippen molar-refractivity contribution in [3.8, 4) is 11.5 Å². The zero-order valence-corrected chi connectivity index (χ0v) is 18.0. The van der Waals surface area contributed by atoms with E-state index >= 15 is 0 Å². The van der Waals surface area contributed by atoms with E-state index in [1.165, 1.54) is 16.8 Å².